The monoisotopic (exact) mass is 346 g/mol. The van der Waals surface area contributed by atoms with Gasteiger partial charge in [0, 0.05) is 31.5 Å². The molecule has 0 aromatic carbocycles. The molecule has 24 heavy (non-hydrogen) atoms. The number of imidazole rings is 1. The smallest absolute Gasteiger partial charge is 0.213 e. The Morgan fingerprint density at radius 2 is 2.17 bits per heavy atom. The van der Waals surface area contributed by atoms with Crippen LogP contribution in [0.25, 0.3) is 17.2 Å². The van der Waals surface area contributed by atoms with E-state index in [4.69, 9.17) is 9.84 Å². The van der Waals surface area contributed by atoms with E-state index in [1.807, 2.05) is 22.9 Å². The zero-order valence-electron chi connectivity index (χ0n) is 13.3. The maximum Gasteiger partial charge on any atom is 0.213 e. The minimum atomic E-state index is 0. The molecule has 0 saturated carbocycles. The van der Waals surface area contributed by atoms with E-state index in [0.717, 1.165) is 43.3 Å². The van der Waals surface area contributed by atoms with Gasteiger partial charge in [-0.25, -0.2) is 9.97 Å². The minimum absolute atomic E-state index is 0. The van der Waals surface area contributed by atoms with Crippen molar-refractivity contribution >= 4 is 12.4 Å². The van der Waals surface area contributed by atoms with Crippen molar-refractivity contribution in [1.82, 2.24) is 29.6 Å². The topological polar surface area (TPSA) is 69.8 Å². The summed E-state index contributed by atoms with van der Waals surface area (Å²) in [6.07, 6.45) is 6.56. The quantitative estimate of drug-likeness (QED) is 0.786. The predicted molar refractivity (Wildman–Crippen MR) is 92.7 cm³/mol. The van der Waals surface area contributed by atoms with Crippen LogP contribution in [0.1, 0.15) is 12.1 Å². The molecule has 0 bridgehead atoms. The molecule has 1 aliphatic heterocycles. The lowest BCUT2D eigenvalue weighted by Crippen LogP contribution is -2.11. The Morgan fingerprint density at radius 3 is 2.96 bits per heavy atom. The van der Waals surface area contributed by atoms with Gasteiger partial charge in [0.2, 0.25) is 5.88 Å². The second kappa shape index (κ2) is 7.02. The van der Waals surface area contributed by atoms with Gasteiger partial charge in [-0.1, -0.05) is 0 Å². The lowest BCUT2D eigenvalue weighted by molar-refractivity contribution is 0.398. The second-order valence-corrected chi connectivity index (χ2v) is 5.45. The number of rotatable bonds is 3. The van der Waals surface area contributed by atoms with Crippen LogP contribution in [0.3, 0.4) is 0 Å². The predicted octanol–water partition coefficient (Wildman–Crippen LogP) is 2.05. The number of nitrogens with one attached hydrogen (secondary N) is 1. The average molecular weight is 347 g/mol. The first kappa shape index (κ1) is 16.5. The summed E-state index contributed by atoms with van der Waals surface area (Å²) in [5.74, 6) is 1.41. The molecule has 0 aliphatic carbocycles. The molecule has 3 aromatic rings. The summed E-state index contributed by atoms with van der Waals surface area (Å²) in [6.45, 7) is 2.82. The van der Waals surface area contributed by atoms with E-state index in [0.29, 0.717) is 5.88 Å². The highest BCUT2D eigenvalue weighted by molar-refractivity contribution is 5.85. The van der Waals surface area contributed by atoms with Crippen molar-refractivity contribution in [2.45, 2.75) is 19.5 Å². The fraction of sp³-hybridized carbons (Fsp3) is 0.312. The van der Waals surface area contributed by atoms with Gasteiger partial charge in [0.25, 0.3) is 0 Å². The van der Waals surface area contributed by atoms with Crippen LogP contribution in [0.15, 0.2) is 36.8 Å². The van der Waals surface area contributed by atoms with Crippen LogP contribution in [0.4, 0.5) is 0 Å². The first-order valence-electron chi connectivity index (χ1n) is 7.67. The zero-order chi connectivity index (χ0) is 15.6. The van der Waals surface area contributed by atoms with Gasteiger partial charge in [-0.2, -0.15) is 5.10 Å². The normalized spacial score (nSPS) is 13.7. The van der Waals surface area contributed by atoms with Gasteiger partial charge in [0.1, 0.15) is 5.69 Å². The Labute approximate surface area is 146 Å². The van der Waals surface area contributed by atoms with E-state index in [2.05, 4.69) is 26.0 Å². The first-order chi connectivity index (χ1) is 11.3. The molecule has 0 fully saturated rings. The molecule has 1 aliphatic rings. The maximum absolute atomic E-state index is 5.11. The first-order valence-corrected chi connectivity index (χ1v) is 7.67. The molecule has 4 heterocycles. The highest BCUT2D eigenvalue weighted by Crippen LogP contribution is 2.22. The molecule has 126 valence electrons. The third kappa shape index (κ3) is 3.00. The Bertz CT molecular complexity index is 787. The summed E-state index contributed by atoms with van der Waals surface area (Å²) >= 11 is 0. The standard InChI is InChI=1S/C16H18N6O.ClH/c1-23-15-4-3-12(11-19-15)21-8-6-18-16(21)14-9-13-10-17-5-2-7-22(13)20-14;/h3-4,6,8-9,11,17H,2,5,7,10H2,1H3;1H. The molecule has 8 heteroatoms. The van der Waals surface area contributed by atoms with E-state index in [1.165, 1.54) is 5.69 Å². The molecule has 0 radical (unpaired) electrons. The molecular weight excluding hydrogens is 328 g/mol. The molecule has 3 aromatic heterocycles. The van der Waals surface area contributed by atoms with Crippen molar-refractivity contribution in [3.8, 4) is 23.1 Å². The Kier molecular flexibility index (Phi) is 4.82. The molecule has 0 spiro atoms. The van der Waals surface area contributed by atoms with Crippen molar-refractivity contribution in [2.24, 2.45) is 0 Å². The molecule has 1 N–H and O–H groups in total. The third-order valence-electron chi connectivity index (χ3n) is 3.97. The van der Waals surface area contributed by atoms with Crippen LogP contribution in [0, 0.1) is 0 Å². The SMILES string of the molecule is COc1ccc(-n2ccnc2-c2cc3n(n2)CCCNC3)cn1.Cl. The highest BCUT2D eigenvalue weighted by atomic mass is 35.5. The molecule has 4 rings (SSSR count). The fourth-order valence-electron chi connectivity index (χ4n) is 2.81. The van der Waals surface area contributed by atoms with Gasteiger partial charge in [0.05, 0.1) is 24.7 Å². The molecule has 7 nitrogen and oxygen atoms in total. The van der Waals surface area contributed by atoms with Crippen LogP contribution in [0.2, 0.25) is 0 Å². The number of pyridine rings is 1. The zero-order valence-corrected chi connectivity index (χ0v) is 14.2. The Hall–Kier alpha value is -2.38. The van der Waals surface area contributed by atoms with Crippen LogP contribution in [0.5, 0.6) is 5.88 Å². The summed E-state index contributed by atoms with van der Waals surface area (Å²) < 4.78 is 9.17. The summed E-state index contributed by atoms with van der Waals surface area (Å²) in [6, 6.07) is 5.90. The summed E-state index contributed by atoms with van der Waals surface area (Å²) in [5.41, 5.74) is 3.00. The van der Waals surface area contributed by atoms with E-state index >= 15 is 0 Å². The lowest BCUT2D eigenvalue weighted by Gasteiger charge is -2.06. The second-order valence-electron chi connectivity index (χ2n) is 5.45. The van der Waals surface area contributed by atoms with Crippen molar-refractivity contribution < 1.29 is 4.74 Å². The highest BCUT2D eigenvalue weighted by Gasteiger charge is 2.16. The van der Waals surface area contributed by atoms with Crippen LogP contribution >= 0.6 is 12.4 Å². The number of ether oxygens (including phenoxy) is 1. The van der Waals surface area contributed by atoms with Gasteiger partial charge in [0.15, 0.2) is 5.82 Å². The van der Waals surface area contributed by atoms with E-state index < -0.39 is 0 Å². The number of halogens is 1. The third-order valence-corrected chi connectivity index (χ3v) is 3.97. The Morgan fingerprint density at radius 1 is 1.25 bits per heavy atom. The number of aryl methyl sites for hydroxylation is 1. The number of hydrogen-bond donors (Lipinski definition) is 1. The van der Waals surface area contributed by atoms with E-state index in [1.54, 1.807) is 19.5 Å². The molecule has 0 unspecified atom stereocenters. The molecule has 0 amide bonds. The van der Waals surface area contributed by atoms with Gasteiger partial charge in [-0.15, -0.1) is 12.4 Å². The lowest BCUT2D eigenvalue weighted by atomic mass is 10.3. The number of aromatic nitrogens is 5. The van der Waals surface area contributed by atoms with E-state index in [9.17, 15) is 0 Å². The Balaban J connectivity index is 0.00000169. The summed E-state index contributed by atoms with van der Waals surface area (Å²) in [7, 11) is 1.61. The molecule has 0 saturated heterocycles. The van der Waals surface area contributed by atoms with Crippen LogP contribution in [-0.4, -0.2) is 38.0 Å². The van der Waals surface area contributed by atoms with Gasteiger partial charge < -0.3 is 10.1 Å². The van der Waals surface area contributed by atoms with Gasteiger partial charge in [-0.05, 0) is 25.1 Å². The number of methoxy groups -OCH3 is 1. The van der Waals surface area contributed by atoms with Crippen LogP contribution < -0.4 is 10.1 Å². The van der Waals surface area contributed by atoms with Crippen molar-refractivity contribution in [3.05, 3.63) is 42.5 Å². The van der Waals surface area contributed by atoms with Crippen LogP contribution in [-0.2, 0) is 13.1 Å². The van der Waals surface area contributed by atoms with Crippen molar-refractivity contribution in [2.75, 3.05) is 13.7 Å². The number of fused-ring (bicyclic) bond motifs is 1. The number of hydrogen-bond acceptors (Lipinski definition) is 5. The fourth-order valence-corrected chi connectivity index (χ4v) is 2.81. The summed E-state index contributed by atoms with van der Waals surface area (Å²) in [5, 5.41) is 8.13. The summed E-state index contributed by atoms with van der Waals surface area (Å²) in [4.78, 5) is 8.74. The molecule has 0 atom stereocenters. The van der Waals surface area contributed by atoms with Crippen molar-refractivity contribution in [3.63, 3.8) is 0 Å². The van der Waals surface area contributed by atoms with E-state index in [-0.39, 0.29) is 12.4 Å². The van der Waals surface area contributed by atoms with Gasteiger partial charge >= 0.3 is 0 Å². The maximum atomic E-state index is 5.11. The number of nitrogens with zero attached hydrogens (tertiary/aromatic N) is 5. The van der Waals surface area contributed by atoms with Gasteiger partial charge in [-0.3, -0.25) is 9.25 Å². The average Bonchev–Trinajstić information content (AvgIpc) is 3.17. The minimum Gasteiger partial charge on any atom is -0.481 e. The molecular formula is C16H19ClN6O. The largest absolute Gasteiger partial charge is 0.481 e. The van der Waals surface area contributed by atoms with Crippen molar-refractivity contribution in [1.29, 1.82) is 0 Å².